The summed E-state index contributed by atoms with van der Waals surface area (Å²) in [6, 6.07) is 5.79. The summed E-state index contributed by atoms with van der Waals surface area (Å²) in [5.74, 6) is 1.33. The molecule has 4 heteroatoms. The summed E-state index contributed by atoms with van der Waals surface area (Å²) in [4.78, 5) is 16.7. The first-order chi connectivity index (χ1) is 10.2. The molecule has 0 aliphatic heterocycles. The van der Waals surface area contributed by atoms with E-state index >= 15 is 0 Å². The summed E-state index contributed by atoms with van der Waals surface area (Å²) < 4.78 is 0. The van der Waals surface area contributed by atoms with Gasteiger partial charge in [0.2, 0.25) is 0 Å². The van der Waals surface area contributed by atoms with Crippen molar-refractivity contribution in [3.05, 3.63) is 23.9 Å². The minimum Gasteiger partial charge on any atom is -0.370 e. The zero-order chi connectivity index (χ0) is 15.1. The minimum atomic E-state index is -0.0618. The highest BCUT2D eigenvalue weighted by Crippen LogP contribution is 2.26. The van der Waals surface area contributed by atoms with Gasteiger partial charge in [0.1, 0.15) is 11.5 Å². The van der Waals surface area contributed by atoms with E-state index in [1.165, 1.54) is 32.1 Å². The van der Waals surface area contributed by atoms with E-state index in [0.717, 1.165) is 18.8 Å². The Kier molecular flexibility index (Phi) is 6.03. The highest BCUT2D eigenvalue weighted by Gasteiger charge is 2.22. The number of rotatable bonds is 6. The van der Waals surface area contributed by atoms with Crippen molar-refractivity contribution in [3.63, 3.8) is 0 Å². The molecule has 2 rings (SSSR count). The van der Waals surface area contributed by atoms with Crippen LogP contribution in [0, 0.1) is 5.92 Å². The molecule has 1 aromatic rings. The van der Waals surface area contributed by atoms with E-state index < -0.39 is 0 Å². The second-order valence-electron chi connectivity index (χ2n) is 6.00. The van der Waals surface area contributed by atoms with Crippen LogP contribution in [-0.4, -0.2) is 23.5 Å². The molecule has 1 aromatic heterocycles. The highest BCUT2D eigenvalue weighted by atomic mass is 16.1. The number of carbonyl (C=O) groups is 1. The molecule has 1 aliphatic carbocycles. The summed E-state index contributed by atoms with van der Waals surface area (Å²) in [6.07, 6.45) is 7.42. The lowest BCUT2D eigenvalue weighted by Gasteiger charge is -2.28. The maximum absolute atomic E-state index is 12.3. The van der Waals surface area contributed by atoms with Gasteiger partial charge in [-0.25, -0.2) is 4.98 Å². The van der Waals surface area contributed by atoms with Gasteiger partial charge in [-0.3, -0.25) is 4.79 Å². The van der Waals surface area contributed by atoms with E-state index in [0.29, 0.717) is 11.6 Å². The van der Waals surface area contributed by atoms with Crippen molar-refractivity contribution in [2.75, 3.05) is 11.9 Å². The van der Waals surface area contributed by atoms with Gasteiger partial charge in [0.15, 0.2) is 0 Å². The van der Waals surface area contributed by atoms with Gasteiger partial charge in [-0.15, -0.1) is 0 Å². The summed E-state index contributed by atoms with van der Waals surface area (Å²) in [5.41, 5.74) is 0.499. The molecule has 1 aliphatic rings. The lowest BCUT2D eigenvalue weighted by Crippen LogP contribution is -2.39. The fourth-order valence-corrected chi connectivity index (χ4v) is 2.95. The first-order valence-corrected chi connectivity index (χ1v) is 8.22. The van der Waals surface area contributed by atoms with Crippen LogP contribution in [0.4, 0.5) is 5.82 Å². The number of hydrogen-bond donors (Lipinski definition) is 2. The first kappa shape index (κ1) is 15.8. The Balaban J connectivity index is 1.92. The van der Waals surface area contributed by atoms with E-state index in [-0.39, 0.29) is 11.9 Å². The number of aromatic nitrogens is 1. The summed E-state index contributed by atoms with van der Waals surface area (Å²) in [7, 11) is 0. The number of carbonyl (C=O) groups excluding carboxylic acids is 1. The fraction of sp³-hybridized carbons (Fsp3) is 0.647. The number of nitrogens with zero attached hydrogens (tertiary/aromatic N) is 1. The van der Waals surface area contributed by atoms with Gasteiger partial charge < -0.3 is 10.6 Å². The SMILES string of the molecule is CCCNc1cccc(C(=O)NC(C)C2CCCCC2)n1. The van der Waals surface area contributed by atoms with Crippen molar-refractivity contribution >= 4 is 11.7 Å². The van der Waals surface area contributed by atoms with Crippen molar-refractivity contribution in [1.29, 1.82) is 0 Å². The van der Waals surface area contributed by atoms with Crippen molar-refractivity contribution in [1.82, 2.24) is 10.3 Å². The Morgan fingerprint density at radius 1 is 1.33 bits per heavy atom. The van der Waals surface area contributed by atoms with Gasteiger partial charge in [0.05, 0.1) is 0 Å². The Labute approximate surface area is 127 Å². The predicted molar refractivity (Wildman–Crippen MR) is 86.5 cm³/mol. The maximum atomic E-state index is 12.3. The van der Waals surface area contributed by atoms with E-state index in [4.69, 9.17) is 0 Å². The maximum Gasteiger partial charge on any atom is 0.270 e. The zero-order valence-corrected chi connectivity index (χ0v) is 13.2. The molecular formula is C17H27N3O. The van der Waals surface area contributed by atoms with E-state index in [1.807, 2.05) is 12.1 Å². The molecule has 1 atom stereocenters. The third kappa shape index (κ3) is 4.73. The molecule has 1 saturated carbocycles. The Morgan fingerprint density at radius 3 is 2.81 bits per heavy atom. The van der Waals surface area contributed by atoms with E-state index in [9.17, 15) is 4.79 Å². The lowest BCUT2D eigenvalue weighted by molar-refractivity contribution is 0.0914. The first-order valence-electron chi connectivity index (χ1n) is 8.22. The van der Waals surface area contributed by atoms with Crippen LogP contribution in [0.5, 0.6) is 0 Å². The van der Waals surface area contributed by atoms with Crippen molar-refractivity contribution in [3.8, 4) is 0 Å². The standard InChI is InChI=1S/C17H27N3O/c1-3-12-18-16-11-7-10-15(20-16)17(21)19-13(2)14-8-5-4-6-9-14/h7,10-11,13-14H,3-6,8-9,12H2,1-2H3,(H,18,20)(H,19,21). The summed E-state index contributed by atoms with van der Waals surface area (Å²) in [5, 5.41) is 6.34. The van der Waals surface area contributed by atoms with E-state index in [2.05, 4.69) is 29.5 Å². The summed E-state index contributed by atoms with van der Waals surface area (Å²) in [6.45, 7) is 5.10. The van der Waals surface area contributed by atoms with Gasteiger partial charge in [0, 0.05) is 12.6 Å². The highest BCUT2D eigenvalue weighted by molar-refractivity contribution is 5.92. The molecule has 1 unspecified atom stereocenters. The molecule has 0 spiro atoms. The average molecular weight is 289 g/mol. The molecular weight excluding hydrogens is 262 g/mol. The topological polar surface area (TPSA) is 54.0 Å². The third-order valence-electron chi connectivity index (χ3n) is 4.25. The molecule has 1 heterocycles. The quantitative estimate of drug-likeness (QED) is 0.841. The summed E-state index contributed by atoms with van der Waals surface area (Å²) >= 11 is 0. The van der Waals surface area contributed by atoms with Crippen LogP contribution in [0.1, 0.15) is 62.9 Å². The molecule has 0 aromatic carbocycles. The third-order valence-corrected chi connectivity index (χ3v) is 4.25. The molecule has 4 nitrogen and oxygen atoms in total. The number of anilines is 1. The normalized spacial score (nSPS) is 17.2. The van der Waals surface area contributed by atoms with Crippen LogP contribution >= 0.6 is 0 Å². The van der Waals surface area contributed by atoms with Crippen LogP contribution in [0.3, 0.4) is 0 Å². The predicted octanol–water partition coefficient (Wildman–Crippen LogP) is 3.60. The van der Waals surface area contributed by atoms with Crippen LogP contribution in [0.2, 0.25) is 0 Å². The second kappa shape index (κ2) is 8.01. The van der Waals surface area contributed by atoms with Gasteiger partial charge in [-0.2, -0.15) is 0 Å². The Hall–Kier alpha value is -1.58. The van der Waals surface area contributed by atoms with Gasteiger partial charge in [0.25, 0.3) is 5.91 Å². The Bertz CT molecular complexity index is 455. The van der Waals surface area contributed by atoms with Gasteiger partial charge >= 0.3 is 0 Å². The monoisotopic (exact) mass is 289 g/mol. The van der Waals surface area contributed by atoms with Crippen LogP contribution in [-0.2, 0) is 0 Å². The second-order valence-corrected chi connectivity index (χ2v) is 6.00. The van der Waals surface area contributed by atoms with Crippen molar-refractivity contribution < 1.29 is 4.79 Å². The number of amides is 1. The lowest BCUT2D eigenvalue weighted by atomic mass is 9.84. The van der Waals surface area contributed by atoms with Gasteiger partial charge in [-0.1, -0.05) is 32.3 Å². The number of hydrogen-bond acceptors (Lipinski definition) is 3. The molecule has 2 N–H and O–H groups in total. The van der Waals surface area contributed by atoms with Crippen LogP contribution in [0.15, 0.2) is 18.2 Å². The zero-order valence-electron chi connectivity index (χ0n) is 13.2. The molecule has 1 fully saturated rings. The number of pyridine rings is 1. The molecule has 0 bridgehead atoms. The molecule has 0 saturated heterocycles. The van der Waals surface area contributed by atoms with Gasteiger partial charge in [-0.05, 0) is 44.2 Å². The minimum absolute atomic E-state index is 0.0618. The smallest absolute Gasteiger partial charge is 0.270 e. The fourth-order valence-electron chi connectivity index (χ4n) is 2.95. The molecule has 0 radical (unpaired) electrons. The largest absolute Gasteiger partial charge is 0.370 e. The molecule has 21 heavy (non-hydrogen) atoms. The average Bonchev–Trinajstić information content (AvgIpc) is 2.54. The number of nitrogens with one attached hydrogen (secondary N) is 2. The molecule has 1 amide bonds. The van der Waals surface area contributed by atoms with Crippen molar-refractivity contribution in [2.24, 2.45) is 5.92 Å². The van der Waals surface area contributed by atoms with Crippen LogP contribution < -0.4 is 10.6 Å². The van der Waals surface area contributed by atoms with Crippen molar-refractivity contribution in [2.45, 2.75) is 58.4 Å². The van der Waals surface area contributed by atoms with Crippen LogP contribution in [0.25, 0.3) is 0 Å². The Morgan fingerprint density at radius 2 is 2.10 bits per heavy atom. The molecule has 116 valence electrons. The van der Waals surface area contributed by atoms with E-state index in [1.54, 1.807) is 6.07 Å².